The Balaban J connectivity index is 1.54. The minimum Gasteiger partial charge on any atom is -0.426 e. The van der Waals surface area contributed by atoms with E-state index in [4.69, 9.17) is 14.2 Å². The van der Waals surface area contributed by atoms with Gasteiger partial charge in [-0.25, -0.2) is 4.79 Å². The SMILES string of the molecule is O=C(O[C@H]1COC2COCC21)ON1C(=O)CCC1=O. The summed E-state index contributed by atoms with van der Waals surface area (Å²) in [5.74, 6) is -1.09. The number of carbonyl (C=O) groups is 3. The molecule has 3 saturated heterocycles. The van der Waals surface area contributed by atoms with Crippen LogP contribution < -0.4 is 0 Å². The number of carbonyl (C=O) groups excluding carboxylic acids is 3. The molecule has 0 aromatic rings. The quantitative estimate of drug-likeness (QED) is 0.499. The molecule has 19 heavy (non-hydrogen) atoms. The summed E-state index contributed by atoms with van der Waals surface area (Å²) >= 11 is 0. The predicted octanol–water partition coefficient (Wildman–Crippen LogP) is -0.383. The normalized spacial score (nSPS) is 33.7. The van der Waals surface area contributed by atoms with Gasteiger partial charge in [0.05, 0.1) is 31.8 Å². The van der Waals surface area contributed by atoms with Crippen LogP contribution in [0.1, 0.15) is 12.8 Å². The molecule has 3 aliphatic rings. The molecular weight excluding hydrogens is 258 g/mol. The molecule has 104 valence electrons. The highest BCUT2D eigenvalue weighted by atomic mass is 16.8. The average Bonchev–Trinajstić information content (AvgIpc) is 3.03. The van der Waals surface area contributed by atoms with Crippen molar-refractivity contribution in [2.75, 3.05) is 19.8 Å². The molecule has 0 saturated carbocycles. The third kappa shape index (κ3) is 2.28. The van der Waals surface area contributed by atoms with E-state index >= 15 is 0 Å². The molecule has 8 heteroatoms. The smallest absolute Gasteiger partial charge is 0.426 e. The van der Waals surface area contributed by atoms with Gasteiger partial charge in [-0.3, -0.25) is 14.4 Å². The van der Waals surface area contributed by atoms with E-state index in [0.29, 0.717) is 18.3 Å². The molecule has 3 heterocycles. The molecule has 2 amide bonds. The number of nitrogens with zero attached hydrogens (tertiary/aromatic N) is 1. The van der Waals surface area contributed by atoms with E-state index in [2.05, 4.69) is 4.84 Å². The van der Waals surface area contributed by atoms with Gasteiger partial charge in [-0.15, -0.1) is 0 Å². The van der Waals surface area contributed by atoms with Gasteiger partial charge in [-0.2, -0.15) is 0 Å². The summed E-state index contributed by atoms with van der Waals surface area (Å²) in [6.07, 6.45) is -1.49. The van der Waals surface area contributed by atoms with E-state index in [1.54, 1.807) is 0 Å². The number of rotatable bonds is 2. The van der Waals surface area contributed by atoms with Crippen molar-refractivity contribution >= 4 is 18.0 Å². The summed E-state index contributed by atoms with van der Waals surface area (Å²) in [5.41, 5.74) is 0. The van der Waals surface area contributed by atoms with Crippen LogP contribution in [0.2, 0.25) is 0 Å². The van der Waals surface area contributed by atoms with Crippen LogP contribution >= 0.6 is 0 Å². The summed E-state index contributed by atoms with van der Waals surface area (Å²) in [7, 11) is 0. The monoisotopic (exact) mass is 271 g/mol. The van der Waals surface area contributed by atoms with Gasteiger partial charge in [-0.1, -0.05) is 5.06 Å². The molecule has 3 fully saturated rings. The molecule has 0 N–H and O–H groups in total. The largest absolute Gasteiger partial charge is 0.534 e. The Hall–Kier alpha value is -1.67. The van der Waals surface area contributed by atoms with Crippen molar-refractivity contribution in [2.24, 2.45) is 5.92 Å². The minimum absolute atomic E-state index is 0.0162. The van der Waals surface area contributed by atoms with Crippen LogP contribution in [0.5, 0.6) is 0 Å². The van der Waals surface area contributed by atoms with E-state index in [9.17, 15) is 14.4 Å². The predicted molar refractivity (Wildman–Crippen MR) is 56.5 cm³/mol. The van der Waals surface area contributed by atoms with Crippen molar-refractivity contribution in [3.8, 4) is 0 Å². The first-order valence-corrected chi connectivity index (χ1v) is 6.09. The number of amides is 2. The van der Waals surface area contributed by atoms with Gasteiger partial charge in [0.2, 0.25) is 0 Å². The third-order valence-electron chi connectivity index (χ3n) is 3.44. The van der Waals surface area contributed by atoms with Crippen LogP contribution in [0, 0.1) is 5.92 Å². The first-order valence-electron chi connectivity index (χ1n) is 6.09. The van der Waals surface area contributed by atoms with E-state index in [1.165, 1.54) is 0 Å². The molecule has 0 radical (unpaired) electrons. The van der Waals surface area contributed by atoms with Crippen LogP contribution in [0.25, 0.3) is 0 Å². The van der Waals surface area contributed by atoms with Crippen molar-refractivity contribution in [3.05, 3.63) is 0 Å². The van der Waals surface area contributed by atoms with E-state index in [-0.39, 0.29) is 31.5 Å². The standard InChI is InChI=1S/C11H13NO7/c13-9-1-2-10(14)12(9)19-11(15)18-8-5-17-7-4-16-3-6(7)8/h6-8H,1-5H2/t6?,7?,8-/m0/s1. The molecule has 2 unspecified atom stereocenters. The summed E-state index contributed by atoms with van der Waals surface area (Å²) in [4.78, 5) is 38.7. The van der Waals surface area contributed by atoms with Crippen molar-refractivity contribution < 1.29 is 33.4 Å². The zero-order valence-corrected chi connectivity index (χ0v) is 10.1. The van der Waals surface area contributed by atoms with Crippen molar-refractivity contribution in [2.45, 2.75) is 25.0 Å². The lowest BCUT2D eigenvalue weighted by Crippen LogP contribution is -2.35. The van der Waals surface area contributed by atoms with Gasteiger partial charge in [0.1, 0.15) is 6.10 Å². The molecule has 0 aromatic heterocycles. The zero-order valence-electron chi connectivity index (χ0n) is 10.1. The molecule has 0 spiro atoms. The second kappa shape index (κ2) is 4.78. The minimum atomic E-state index is -1.07. The average molecular weight is 271 g/mol. The van der Waals surface area contributed by atoms with E-state index in [0.717, 1.165) is 0 Å². The Morgan fingerprint density at radius 1 is 1.16 bits per heavy atom. The fourth-order valence-electron chi connectivity index (χ4n) is 2.41. The number of ether oxygens (including phenoxy) is 3. The first-order chi connectivity index (χ1) is 9.15. The van der Waals surface area contributed by atoms with Gasteiger partial charge in [0.25, 0.3) is 11.8 Å². The van der Waals surface area contributed by atoms with Crippen LogP contribution in [-0.2, 0) is 28.6 Å². The van der Waals surface area contributed by atoms with Crippen LogP contribution in [-0.4, -0.2) is 55.1 Å². The van der Waals surface area contributed by atoms with Crippen molar-refractivity contribution in [1.82, 2.24) is 5.06 Å². The molecule has 0 aromatic carbocycles. The highest BCUT2D eigenvalue weighted by Gasteiger charge is 2.44. The van der Waals surface area contributed by atoms with Gasteiger partial charge in [0, 0.05) is 12.8 Å². The van der Waals surface area contributed by atoms with Gasteiger partial charge in [0.15, 0.2) is 0 Å². The number of fused-ring (bicyclic) bond motifs is 1. The fourth-order valence-corrected chi connectivity index (χ4v) is 2.41. The number of imide groups is 1. The maximum Gasteiger partial charge on any atom is 0.534 e. The summed E-state index contributed by atoms with van der Waals surface area (Å²) in [6, 6.07) is 0. The van der Waals surface area contributed by atoms with Crippen molar-refractivity contribution in [1.29, 1.82) is 0 Å². The highest BCUT2D eigenvalue weighted by Crippen LogP contribution is 2.29. The van der Waals surface area contributed by atoms with Gasteiger partial charge in [-0.05, 0) is 0 Å². The Morgan fingerprint density at radius 2 is 1.89 bits per heavy atom. The van der Waals surface area contributed by atoms with Gasteiger partial charge < -0.3 is 14.2 Å². The number of hydroxylamine groups is 2. The summed E-state index contributed by atoms with van der Waals surface area (Å²) in [6.45, 7) is 1.22. The summed E-state index contributed by atoms with van der Waals surface area (Å²) in [5, 5.41) is 0.459. The van der Waals surface area contributed by atoms with Crippen LogP contribution in [0.4, 0.5) is 4.79 Å². The Morgan fingerprint density at radius 3 is 2.63 bits per heavy atom. The van der Waals surface area contributed by atoms with Crippen LogP contribution in [0.15, 0.2) is 0 Å². The molecule has 3 aliphatic heterocycles. The Labute approximate surface area is 108 Å². The summed E-state index contributed by atoms with van der Waals surface area (Å²) < 4.78 is 15.7. The number of hydrogen-bond donors (Lipinski definition) is 0. The van der Waals surface area contributed by atoms with E-state index < -0.39 is 24.1 Å². The lowest BCUT2D eigenvalue weighted by Gasteiger charge is -2.17. The molecule has 3 rings (SSSR count). The zero-order chi connectivity index (χ0) is 13.4. The van der Waals surface area contributed by atoms with E-state index in [1.807, 2.05) is 0 Å². The first kappa shape index (κ1) is 12.4. The molecular formula is C11H13NO7. The topological polar surface area (TPSA) is 91.4 Å². The third-order valence-corrected chi connectivity index (χ3v) is 3.44. The van der Waals surface area contributed by atoms with Crippen molar-refractivity contribution in [3.63, 3.8) is 0 Å². The van der Waals surface area contributed by atoms with Gasteiger partial charge >= 0.3 is 6.16 Å². The lowest BCUT2D eigenvalue weighted by molar-refractivity contribution is -0.179. The molecule has 0 aliphatic carbocycles. The fraction of sp³-hybridized carbons (Fsp3) is 0.727. The molecule has 3 atom stereocenters. The molecule has 0 bridgehead atoms. The second-order valence-electron chi connectivity index (χ2n) is 4.65. The molecule has 8 nitrogen and oxygen atoms in total. The highest BCUT2D eigenvalue weighted by molar-refractivity contribution is 6.01. The Bertz CT molecular complexity index is 407. The number of hydrogen-bond acceptors (Lipinski definition) is 7. The van der Waals surface area contributed by atoms with Crippen LogP contribution in [0.3, 0.4) is 0 Å². The lowest BCUT2D eigenvalue weighted by atomic mass is 10.0. The maximum absolute atomic E-state index is 11.5. The Kier molecular flexibility index (Phi) is 3.11. The second-order valence-corrected chi connectivity index (χ2v) is 4.65. The maximum atomic E-state index is 11.5.